The lowest BCUT2D eigenvalue weighted by atomic mass is 10.1. The monoisotopic (exact) mass is 357 g/mol. The molecule has 0 aromatic carbocycles. The van der Waals surface area contributed by atoms with Crippen molar-refractivity contribution in [3.63, 3.8) is 0 Å². The number of amidine groups is 1. The molecule has 0 aliphatic carbocycles. The van der Waals surface area contributed by atoms with Crippen molar-refractivity contribution in [3.8, 4) is 0 Å². The van der Waals surface area contributed by atoms with Crippen molar-refractivity contribution >= 4 is 19.0 Å². The Bertz CT molecular complexity index is 598. The molecular formula is C16H28N3O4P. The predicted molar refractivity (Wildman–Crippen MR) is 98.4 cm³/mol. The number of hydrogen-bond acceptors (Lipinski definition) is 7. The highest BCUT2D eigenvalue weighted by Gasteiger charge is 2.45. The average molecular weight is 357 g/mol. The molecule has 1 saturated heterocycles. The SMILES string of the molecule is C=C1N=C(N)C(CCO)=CN1[C@@H]1O[C@H](CCP(=C)(C)C)[C@@H](O)[C@H]1O. The number of hydrogen-bond donors (Lipinski definition) is 4. The molecule has 0 saturated carbocycles. The predicted octanol–water partition coefficient (Wildman–Crippen LogP) is -0.0573. The van der Waals surface area contributed by atoms with Crippen LogP contribution in [0.25, 0.3) is 0 Å². The Morgan fingerprint density at radius 3 is 2.62 bits per heavy atom. The maximum Gasteiger partial charge on any atom is 0.164 e. The van der Waals surface area contributed by atoms with Crippen LogP contribution in [0.15, 0.2) is 29.2 Å². The van der Waals surface area contributed by atoms with E-state index < -0.39 is 31.4 Å². The van der Waals surface area contributed by atoms with Gasteiger partial charge in [-0.3, -0.25) is 0 Å². The third-order valence-electron chi connectivity index (χ3n) is 4.18. The normalized spacial score (nSPS) is 31.2. The van der Waals surface area contributed by atoms with E-state index in [1.165, 1.54) is 0 Å². The van der Waals surface area contributed by atoms with Crippen LogP contribution >= 0.6 is 6.89 Å². The number of rotatable bonds is 6. The summed E-state index contributed by atoms with van der Waals surface area (Å²) in [7, 11) is 0. The summed E-state index contributed by atoms with van der Waals surface area (Å²) in [5, 5.41) is 29.8. The first kappa shape index (κ1) is 19.2. The van der Waals surface area contributed by atoms with Gasteiger partial charge in [0, 0.05) is 24.8 Å². The van der Waals surface area contributed by atoms with Gasteiger partial charge in [0.15, 0.2) is 6.23 Å². The number of aliphatic imine (C=N–C) groups is 1. The molecule has 0 amide bonds. The highest BCUT2D eigenvalue weighted by molar-refractivity contribution is 7.72. The Morgan fingerprint density at radius 2 is 2.04 bits per heavy atom. The summed E-state index contributed by atoms with van der Waals surface area (Å²) in [5.74, 6) is 0.620. The molecular weight excluding hydrogens is 329 g/mol. The molecule has 2 rings (SSSR count). The zero-order chi connectivity index (χ0) is 18.1. The molecule has 0 aromatic rings. The van der Waals surface area contributed by atoms with E-state index in [-0.39, 0.29) is 6.61 Å². The molecule has 5 N–H and O–H groups in total. The highest BCUT2D eigenvalue weighted by atomic mass is 31.2. The third-order valence-corrected chi connectivity index (χ3v) is 5.65. The lowest BCUT2D eigenvalue weighted by molar-refractivity contribution is -0.0581. The minimum Gasteiger partial charge on any atom is -0.396 e. The number of nitrogens with two attached hydrogens (primary N) is 1. The van der Waals surface area contributed by atoms with Gasteiger partial charge in [-0.1, -0.05) is 6.58 Å². The molecule has 7 nitrogen and oxygen atoms in total. The topological polar surface area (TPSA) is 112 Å². The molecule has 2 aliphatic rings. The van der Waals surface area contributed by atoms with Crippen molar-refractivity contribution in [2.75, 3.05) is 26.1 Å². The minimum absolute atomic E-state index is 0.0655. The number of aliphatic hydroxyl groups excluding tert-OH is 3. The van der Waals surface area contributed by atoms with Gasteiger partial charge >= 0.3 is 0 Å². The van der Waals surface area contributed by atoms with Crippen molar-refractivity contribution in [1.82, 2.24) is 4.90 Å². The molecule has 2 aliphatic heterocycles. The Hall–Kier alpha value is -1.11. The van der Waals surface area contributed by atoms with Gasteiger partial charge in [-0.25, -0.2) is 4.99 Å². The van der Waals surface area contributed by atoms with E-state index in [0.29, 0.717) is 30.1 Å². The molecule has 8 heteroatoms. The first-order valence-electron chi connectivity index (χ1n) is 7.96. The molecule has 136 valence electrons. The molecule has 1 fully saturated rings. The molecule has 24 heavy (non-hydrogen) atoms. The summed E-state index contributed by atoms with van der Waals surface area (Å²) >= 11 is 0. The van der Waals surface area contributed by atoms with E-state index in [1.54, 1.807) is 11.1 Å². The lowest BCUT2D eigenvalue weighted by Gasteiger charge is -2.32. The van der Waals surface area contributed by atoms with Gasteiger partial charge in [-0.15, -0.1) is 13.2 Å². The largest absolute Gasteiger partial charge is 0.396 e. The fourth-order valence-corrected chi connectivity index (χ4v) is 3.74. The van der Waals surface area contributed by atoms with E-state index >= 15 is 0 Å². The standard InChI is InChI=1S/C16H28N3O4P/c1-10-18-15(17)11(5-7-20)9-19(10)16-14(22)13(21)12(23-16)6-8-24(2,3)4/h9,12-14,16,20-22H,1-2,5-8H2,3-4H3,(H2,17,18)/t12-,13-,14-,16-/m1/s1. The summed E-state index contributed by atoms with van der Waals surface area (Å²) in [6.45, 7) is 6.77. The third kappa shape index (κ3) is 4.29. The number of nitrogens with zero attached hydrogens (tertiary/aromatic N) is 2. The molecule has 0 unspecified atom stereocenters. The van der Waals surface area contributed by atoms with Crippen molar-refractivity contribution in [3.05, 3.63) is 24.2 Å². The van der Waals surface area contributed by atoms with Crippen LogP contribution in [0, 0.1) is 0 Å². The molecule has 4 atom stereocenters. The summed E-state index contributed by atoms with van der Waals surface area (Å²) in [6.07, 6.45) is 4.36. The van der Waals surface area contributed by atoms with E-state index in [4.69, 9.17) is 15.6 Å². The number of ether oxygens (including phenoxy) is 1. The zero-order valence-electron chi connectivity index (χ0n) is 14.3. The quantitative estimate of drug-likeness (QED) is 0.496. The van der Waals surface area contributed by atoms with Crippen LogP contribution < -0.4 is 5.73 Å². The van der Waals surface area contributed by atoms with Gasteiger partial charge < -0.3 is 30.7 Å². The van der Waals surface area contributed by atoms with Gasteiger partial charge in [-0.05, 0) is 25.9 Å². The van der Waals surface area contributed by atoms with E-state index in [0.717, 1.165) is 6.16 Å². The number of aliphatic hydroxyl groups is 3. The van der Waals surface area contributed by atoms with Gasteiger partial charge in [0.25, 0.3) is 0 Å². The average Bonchev–Trinajstić information content (AvgIpc) is 2.75. The van der Waals surface area contributed by atoms with Crippen molar-refractivity contribution in [1.29, 1.82) is 0 Å². The first-order valence-corrected chi connectivity index (χ1v) is 11.0. The van der Waals surface area contributed by atoms with Gasteiger partial charge in [0.05, 0.1) is 6.10 Å². The van der Waals surface area contributed by atoms with Crippen LogP contribution in [0.2, 0.25) is 0 Å². The van der Waals surface area contributed by atoms with E-state index in [2.05, 4.69) is 31.2 Å². The zero-order valence-corrected chi connectivity index (χ0v) is 15.2. The van der Waals surface area contributed by atoms with Crippen LogP contribution in [0.5, 0.6) is 0 Å². The second-order valence-electron chi connectivity index (χ2n) is 6.94. The van der Waals surface area contributed by atoms with Crippen LogP contribution in [-0.2, 0) is 4.74 Å². The van der Waals surface area contributed by atoms with Gasteiger partial charge in [-0.2, -0.15) is 0 Å². The molecule has 0 bridgehead atoms. The first-order chi connectivity index (χ1) is 11.1. The highest BCUT2D eigenvalue weighted by Crippen LogP contribution is 2.39. The van der Waals surface area contributed by atoms with Crippen LogP contribution in [0.4, 0.5) is 0 Å². The maximum absolute atomic E-state index is 10.4. The fourth-order valence-electron chi connectivity index (χ4n) is 2.78. The van der Waals surface area contributed by atoms with Crippen molar-refractivity contribution in [2.24, 2.45) is 10.7 Å². The minimum atomic E-state index is -1.24. The lowest BCUT2D eigenvalue weighted by Crippen LogP contribution is -2.42. The van der Waals surface area contributed by atoms with Gasteiger partial charge in [0.2, 0.25) is 0 Å². The van der Waals surface area contributed by atoms with Crippen molar-refractivity contribution < 1.29 is 20.1 Å². The van der Waals surface area contributed by atoms with E-state index in [9.17, 15) is 10.2 Å². The molecule has 2 heterocycles. The Balaban J connectivity index is 2.14. The van der Waals surface area contributed by atoms with Crippen LogP contribution in [0.1, 0.15) is 12.8 Å². The Labute approximate surface area is 143 Å². The molecule has 0 aromatic heterocycles. The van der Waals surface area contributed by atoms with Crippen LogP contribution in [0.3, 0.4) is 0 Å². The second kappa shape index (κ2) is 7.42. The van der Waals surface area contributed by atoms with E-state index in [1.807, 2.05) is 0 Å². The van der Waals surface area contributed by atoms with Gasteiger partial charge in [0.1, 0.15) is 23.9 Å². The van der Waals surface area contributed by atoms with Crippen molar-refractivity contribution in [2.45, 2.75) is 37.4 Å². The summed E-state index contributed by atoms with van der Waals surface area (Å²) in [4.78, 5) is 5.72. The summed E-state index contributed by atoms with van der Waals surface area (Å²) < 4.78 is 5.89. The fraction of sp³-hybridized carbons (Fsp3) is 0.625. The Kier molecular flexibility index (Phi) is 5.94. The molecule has 0 radical (unpaired) electrons. The smallest absolute Gasteiger partial charge is 0.164 e. The summed E-state index contributed by atoms with van der Waals surface area (Å²) in [5.41, 5.74) is 6.47. The second-order valence-corrected chi connectivity index (χ2v) is 11.3. The molecule has 0 spiro atoms. The maximum atomic E-state index is 10.4. The summed E-state index contributed by atoms with van der Waals surface area (Å²) in [6, 6.07) is 0. The Morgan fingerprint density at radius 1 is 1.38 bits per heavy atom. The van der Waals surface area contributed by atoms with Crippen LogP contribution in [-0.4, -0.2) is 83.0 Å².